The summed E-state index contributed by atoms with van der Waals surface area (Å²) in [6, 6.07) is 10.9. The van der Waals surface area contributed by atoms with Gasteiger partial charge in [0.2, 0.25) is 5.95 Å². The van der Waals surface area contributed by atoms with Crippen LogP contribution < -0.4 is 11.1 Å². The average molecular weight is 406 g/mol. The molecule has 1 fully saturated rings. The van der Waals surface area contributed by atoms with E-state index in [4.69, 9.17) is 5.73 Å². The summed E-state index contributed by atoms with van der Waals surface area (Å²) in [5.74, 6) is 0.0288. The van der Waals surface area contributed by atoms with Crippen molar-refractivity contribution in [3.8, 4) is 16.9 Å². The third-order valence-corrected chi connectivity index (χ3v) is 5.24. The Balaban J connectivity index is 1.73. The lowest BCUT2D eigenvalue weighted by atomic mass is 10.1. The van der Waals surface area contributed by atoms with Gasteiger partial charge in [-0.05, 0) is 61.6 Å². The highest BCUT2D eigenvalue weighted by Gasteiger charge is 2.24. The van der Waals surface area contributed by atoms with Gasteiger partial charge in [-0.25, -0.2) is 18.4 Å². The van der Waals surface area contributed by atoms with E-state index < -0.39 is 11.6 Å². The normalized spacial score (nSPS) is 13.7. The van der Waals surface area contributed by atoms with Gasteiger partial charge in [-0.3, -0.25) is 0 Å². The van der Waals surface area contributed by atoms with Gasteiger partial charge in [-0.1, -0.05) is 12.1 Å². The number of anilines is 2. The second-order valence-corrected chi connectivity index (χ2v) is 7.68. The van der Waals surface area contributed by atoms with Crippen molar-refractivity contribution in [2.75, 3.05) is 17.6 Å². The number of fused-ring (bicyclic) bond motifs is 1. The van der Waals surface area contributed by atoms with Crippen molar-refractivity contribution in [3.63, 3.8) is 0 Å². The molecule has 0 unspecified atom stereocenters. The highest BCUT2D eigenvalue weighted by atomic mass is 19.1. The zero-order valence-electron chi connectivity index (χ0n) is 16.4. The van der Waals surface area contributed by atoms with Crippen molar-refractivity contribution >= 4 is 22.8 Å². The van der Waals surface area contributed by atoms with E-state index in [1.165, 1.54) is 0 Å². The van der Waals surface area contributed by atoms with Gasteiger partial charge >= 0.3 is 0 Å². The van der Waals surface area contributed by atoms with Crippen molar-refractivity contribution in [2.45, 2.75) is 19.8 Å². The van der Waals surface area contributed by atoms with Crippen LogP contribution in [0.5, 0.6) is 0 Å². The Morgan fingerprint density at radius 3 is 2.73 bits per heavy atom. The molecule has 2 aromatic carbocycles. The lowest BCUT2D eigenvalue weighted by Gasteiger charge is -2.09. The first-order valence-corrected chi connectivity index (χ1v) is 9.82. The SMILES string of the molecule is Cc1cccc(-n2nc3nc(NCC4CC4)nc(-c4cc(F)ccc4F)c3c2N)c1. The first-order chi connectivity index (χ1) is 14.5. The van der Waals surface area contributed by atoms with Crippen LogP contribution in [0, 0.1) is 24.5 Å². The predicted octanol–water partition coefficient (Wildman–Crippen LogP) is 4.47. The summed E-state index contributed by atoms with van der Waals surface area (Å²) in [4.78, 5) is 8.99. The van der Waals surface area contributed by atoms with Crippen molar-refractivity contribution < 1.29 is 8.78 Å². The molecule has 8 heteroatoms. The molecule has 152 valence electrons. The lowest BCUT2D eigenvalue weighted by Crippen LogP contribution is -2.08. The molecule has 4 aromatic rings. The number of nitrogen functional groups attached to an aromatic ring is 1. The topological polar surface area (TPSA) is 81.7 Å². The number of rotatable bonds is 5. The van der Waals surface area contributed by atoms with E-state index in [1.54, 1.807) is 4.68 Å². The zero-order valence-corrected chi connectivity index (χ0v) is 16.4. The Morgan fingerprint density at radius 1 is 1.13 bits per heavy atom. The Morgan fingerprint density at radius 2 is 1.97 bits per heavy atom. The van der Waals surface area contributed by atoms with E-state index >= 15 is 0 Å². The van der Waals surface area contributed by atoms with E-state index in [-0.39, 0.29) is 17.1 Å². The molecular formula is C22H20F2N6. The van der Waals surface area contributed by atoms with Crippen LogP contribution in [-0.4, -0.2) is 26.3 Å². The Labute approximate surface area is 171 Å². The van der Waals surface area contributed by atoms with Gasteiger partial charge in [0.1, 0.15) is 17.5 Å². The minimum Gasteiger partial charge on any atom is -0.383 e. The molecule has 0 aliphatic heterocycles. The third kappa shape index (κ3) is 3.34. The van der Waals surface area contributed by atoms with Crippen LogP contribution in [0.3, 0.4) is 0 Å². The molecule has 0 amide bonds. The van der Waals surface area contributed by atoms with Crippen LogP contribution in [0.25, 0.3) is 28.0 Å². The minimum absolute atomic E-state index is 0.0207. The van der Waals surface area contributed by atoms with Crippen LogP contribution in [0.4, 0.5) is 20.5 Å². The molecule has 5 rings (SSSR count). The Hall–Kier alpha value is -3.55. The number of halogens is 2. The largest absolute Gasteiger partial charge is 0.383 e. The van der Waals surface area contributed by atoms with Gasteiger partial charge in [0, 0.05) is 12.1 Å². The Bertz CT molecular complexity index is 1260. The number of hydrogen-bond acceptors (Lipinski definition) is 5. The number of hydrogen-bond donors (Lipinski definition) is 2. The van der Waals surface area contributed by atoms with Crippen molar-refractivity contribution in [3.05, 3.63) is 59.7 Å². The summed E-state index contributed by atoms with van der Waals surface area (Å²) in [5, 5.41) is 8.13. The molecule has 2 heterocycles. The summed E-state index contributed by atoms with van der Waals surface area (Å²) in [5.41, 5.74) is 8.76. The maximum Gasteiger partial charge on any atom is 0.225 e. The van der Waals surface area contributed by atoms with Crippen molar-refractivity contribution in [1.29, 1.82) is 0 Å². The molecule has 2 aromatic heterocycles. The van der Waals surface area contributed by atoms with Gasteiger partial charge in [-0.2, -0.15) is 4.98 Å². The molecule has 0 saturated heterocycles. The number of nitrogens with two attached hydrogens (primary N) is 1. The van der Waals surface area contributed by atoms with Gasteiger partial charge in [0.15, 0.2) is 5.65 Å². The predicted molar refractivity (Wildman–Crippen MR) is 112 cm³/mol. The molecule has 0 spiro atoms. The summed E-state index contributed by atoms with van der Waals surface area (Å²) >= 11 is 0. The maximum absolute atomic E-state index is 14.6. The van der Waals surface area contributed by atoms with Crippen molar-refractivity contribution in [1.82, 2.24) is 19.7 Å². The molecular weight excluding hydrogens is 386 g/mol. The van der Waals surface area contributed by atoms with Gasteiger partial charge < -0.3 is 11.1 Å². The molecule has 0 radical (unpaired) electrons. The number of nitrogens with one attached hydrogen (secondary N) is 1. The smallest absolute Gasteiger partial charge is 0.225 e. The first kappa shape index (κ1) is 18.5. The summed E-state index contributed by atoms with van der Waals surface area (Å²) < 4.78 is 30.1. The zero-order chi connectivity index (χ0) is 20.8. The van der Waals surface area contributed by atoms with E-state index in [0.29, 0.717) is 22.9 Å². The fourth-order valence-electron chi connectivity index (χ4n) is 3.48. The van der Waals surface area contributed by atoms with E-state index in [0.717, 1.165) is 48.8 Å². The van der Waals surface area contributed by atoms with E-state index in [1.807, 2.05) is 31.2 Å². The molecule has 0 bridgehead atoms. The fourth-order valence-corrected chi connectivity index (χ4v) is 3.48. The minimum atomic E-state index is -0.591. The van der Waals surface area contributed by atoms with E-state index in [9.17, 15) is 8.78 Å². The van der Waals surface area contributed by atoms with Gasteiger partial charge in [0.05, 0.1) is 16.8 Å². The number of nitrogens with zero attached hydrogens (tertiary/aromatic N) is 4. The van der Waals surface area contributed by atoms with Gasteiger partial charge in [0.25, 0.3) is 0 Å². The van der Waals surface area contributed by atoms with Crippen LogP contribution in [0.1, 0.15) is 18.4 Å². The first-order valence-electron chi connectivity index (χ1n) is 9.82. The monoisotopic (exact) mass is 406 g/mol. The molecule has 30 heavy (non-hydrogen) atoms. The molecule has 1 aliphatic carbocycles. The molecule has 0 atom stereocenters. The molecule has 1 saturated carbocycles. The molecule has 1 aliphatic rings. The highest BCUT2D eigenvalue weighted by Crippen LogP contribution is 2.35. The third-order valence-electron chi connectivity index (χ3n) is 5.24. The lowest BCUT2D eigenvalue weighted by molar-refractivity contribution is 0.603. The second kappa shape index (κ2) is 7.05. The summed E-state index contributed by atoms with van der Waals surface area (Å²) in [6.45, 7) is 2.70. The van der Waals surface area contributed by atoms with Crippen LogP contribution in [-0.2, 0) is 0 Å². The number of aryl methyl sites for hydroxylation is 1. The van der Waals surface area contributed by atoms with Crippen molar-refractivity contribution in [2.24, 2.45) is 5.92 Å². The van der Waals surface area contributed by atoms with E-state index in [2.05, 4.69) is 20.4 Å². The highest BCUT2D eigenvalue weighted by molar-refractivity contribution is 5.99. The van der Waals surface area contributed by atoms with Crippen LogP contribution in [0.15, 0.2) is 42.5 Å². The van der Waals surface area contributed by atoms with Crippen LogP contribution in [0.2, 0.25) is 0 Å². The second-order valence-electron chi connectivity index (χ2n) is 7.68. The summed E-state index contributed by atoms with van der Waals surface area (Å²) in [6.07, 6.45) is 2.32. The number of aromatic nitrogens is 4. The van der Waals surface area contributed by atoms with Crippen LogP contribution >= 0.6 is 0 Å². The molecule has 6 nitrogen and oxygen atoms in total. The Kier molecular flexibility index (Phi) is 4.34. The number of benzene rings is 2. The average Bonchev–Trinajstić information content (AvgIpc) is 3.50. The fraction of sp³-hybridized carbons (Fsp3) is 0.227. The quantitative estimate of drug-likeness (QED) is 0.511. The molecule has 3 N–H and O–H groups in total. The maximum atomic E-state index is 14.6. The van der Waals surface area contributed by atoms with Gasteiger partial charge in [-0.15, -0.1) is 5.10 Å². The standard InChI is InChI=1S/C22H20F2N6/c1-12-3-2-4-15(9-12)30-20(25)18-19(16-10-14(23)7-8-17(16)24)27-22(28-21(18)29-30)26-11-13-5-6-13/h2-4,7-10,13H,5-6,11,25H2,1H3,(H,26,28,29). The summed E-state index contributed by atoms with van der Waals surface area (Å²) in [7, 11) is 0.